The number of hydrogen-bond donors (Lipinski definition) is 3. The van der Waals surface area contributed by atoms with E-state index < -0.39 is 11.5 Å². The summed E-state index contributed by atoms with van der Waals surface area (Å²) in [6, 6.07) is 1.57. The van der Waals surface area contributed by atoms with E-state index in [1.54, 1.807) is 6.07 Å². The molecule has 1 aromatic rings. The van der Waals surface area contributed by atoms with Crippen molar-refractivity contribution in [2.24, 2.45) is 5.73 Å². The Kier molecular flexibility index (Phi) is 3.49. The number of primary amides is 1. The molecule has 82 valence electrons. The second kappa shape index (κ2) is 4.46. The number of rotatable bonds is 1. The highest BCUT2D eigenvalue weighted by Crippen LogP contribution is 2.09. The van der Waals surface area contributed by atoms with Gasteiger partial charge in [0.15, 0.2) is 0 Å². The summed E-state index contributed by atoms with van der Waals surface area (Å²) < 4.78 is 0. The smallest absolute Gasteiger partial charge is 0.261 e. The average Bonchev–Trinajstić information content (AvgIpc) is 2.16. The number of hydrogen-bond acceptors (Lipinski definition) is 3. The van der Waals surface area contributed by atoms with Crippen LogP contribution in [0, 0.1) is 0 Å². The monoisotopic (exact) mass is 229 g/mol. The zero-order chi connectivity index (χ0) is 10.1. The molecule has 0 radical (unpaired) electrons. The molecule has 0 spiro atoms. The Bertz CT molecular complexity index is 441. The summed E-state index contributed by atoms with van der Waals surface area (Å²) in [5, 5.41) is 3.15. The molecule has 0 atom stereocenters. The first kappa shape index (κ1) is 11.7. The number of aromatic amines is 1. The molecule has 6 heteroatoms. The van der Waals surface area contributed by atoms with Crippen LogP contribution in [0.1, 0.15) is 21.6 Å². The Morgan fingerprint density at radius 2 is 2.20 bits per heavy atom. The Balaban J connectivity index is 0.00000112. The quantitative estimate of drug-likeness (QED) is 0.609. The molecule has 1 aliphatic heterocycles. The highest BCUT2D eigenvalue weighted by Gasteiger charge is 2.14. The van der Waals surface area contributed by atoms with Gasteiger partial charge in [-0.05, 0) is 11.6 Å². The molecule has 2 rings (SSSR count). The molecular weight excluding hydrogens is 218 g/mol. The van der Waals surface area contributed by atoms with Gasteiger partial charge in [-0.1, -0.05) is 0 Å². The summed E-state index contributed by atoms with van der Waals surface area (Å²) in [6.45, 7) is 1.52. The van der Waals surface area contributed by atoms with E-state index in [4.69, 9.17) is 5.73 Å². The van der Waals surface area contributed by atoms with Crippen LogP contribution in [-0.2, 0) is 13.0 Å². The number of halogens is 1. The highest BCUT2D eigenvalue weighted by molar-refractivity contribution is 5.92. The summed E-state index contributed by atoms with van der Waals surface area (Å²) in [6.07, 6.45) is 0.781. The largest absolute Gasteiger partial charge is 0.365 e. The molecule has 1 aromatic heterocycles. The topological polar surface area (TPSA) is 88.0 Å². The van der Waals surface area contributed by atoms with Crippen LogP contribution >= 0.6 is 12.4 Å². The number of aromatic nitrogens is 1. The van der Waals surface area contributed by atoms with Gasteiger partial charge in [0, 0.05) is 25.2 Å². The molecule has 5 nitrogen and oxygen atoms in total. The number of fused-ring (bicyclic) bond motifs is 1. The van der Waals surface area contributed by atoms with Gasteiger partial charge in [0.25, 0.3) is 11.5 Å². The lowest BCUT2D eigenvalue weighted by atomic mass is 10.1. The predicted molar refractivity (Wildman–Crippen MR) is 58.2 cm³/mol. The fraction of sp³-hybridized carbons (Fsp3) is 0.333. The molecule has 15 heavy (non-hydrogen) atoms. The van der Waals surface area contributed by atoms with Crippen LogP contribution in [0.5, 0.6) is 0 Å². The van der Waals surface area contributed by atoms with Crippen molar-refractivity contribution in [3.05, 3.63) is 33.2 Å². The summed E-state index contributed by atoms with van der Waals surface area (Å²) >= 11 is 0. The van der Waals surface area contributed by atoms with Crippen LogP contribution in [0.3, 0.4) is 0 Å². The number of pyridine rings is 1. The predicted octanol–water partition coefficient (Wildman–Crippen LogP) is -0.459. The second-order valence-electron chi connectivity index (χ2n) is 3.31. The van der Waals surface area contributed by atoms with E-state index in [0.717, 1.165) is 24.2 Å². The van der Waals surface area contributed by atoms with Gasteiger partial charge in [0.1, 0.15) is 5.56 Å². The zero-order valence-electron chi connectivity index (χ0n) is 8.00. The van der Waals surface area contributed by atoms with Gasteiger partial charge < -0.3 is 16.0 Å². The minimum absolute atomic E-state index is 0. The summed E-state index contributed by atoms with van der Waals surface area (Å²) in [5.74, 6) is -0.681. The molecule has 0 saturated carbocycles. The fourth-order valence-electron chi connectivity index (χ4n) is 1.61. The van der Waals surface area contributed by atoms with Gasteiger partial charge in [0.2, 0.25) is 0 Å². The Morgan fingerprint density at radius 3 is 2.87 bits per heavy atom. The van der Waals surface area contributed by atoms with E-state index >= 15 is 0 Å². The molecule has 0 fully saturated rings. The van der Waals surface area contributed by atoms with Crippen LogP contribution < -0.4 is 16.6 Å². The van der Waals surface area contributed by atoms with Crippen molar-refractivity contribution < 1.29 is 4.79 Å². The maximum Gasteiger partial charge on any atom is 0.261 e. The van der Waals surface area contributed by atoms with Crippen LogP contribution in [0.2, 0.25) is 0 Å². The van der Waals surface area contributed by atoms with E-state index in [-0.39, 0.29) is 18.0 Å². The molecule has 0 unspecified atom stereocenters. The van der Waals surface area contributed by atoms with E-state index in [1.807, 2.05) is 0 Å². The number of amides is 1. The first-order valence-electron chi connectivity index (χ1n) is 4.44. The van der Waals surface area contributed by atoms with E-state index in [0.29, 0.717) is 6.54 Å². The van der Waals surface area contributed by atoms with Crippen molar-refractivity contribution in [1.29, 1.82) is 0 Å². The molecule has 0 saturated heterocycles. The number of H-pyrrole nitrogens is 1. The van der Waals surface area contributed by atoms with Crippen LogP contribution in [0.4, 0.5) is 0 Å². The lowest BCUT2D eigenvalue weighted by molar-refractivity contribution is 0.0998. The highest BCUT2D eigenvalue weighted by atomic mass is 35.5. The molecule has 1 aliphatic rings. The number of nitrogens with one attached hydrogen (secondary N) is 2. The third-order valence-electron chi connectivity index (χ3n) is 2.35. The maximum absolute atomic E-state index is 11.4. The summed E-state index contributed by atoms with van der Waals surface area (Å²) in [7, 11) is 0. The minimum atomic E-state index is -0.681. The molecular formula is C9H12ClN3O2. The Labute approximate surface area is 92.5 Å². The van der Waals surface area contributed by atoms with E-state index in [2.05, 4.69) is 10.3 Å². The summed E-state index contributed by atoms with van der Waals surface area (Å²) in [4.78, 5) is 24.9. The Hall–Kier alpha value is -1.33. The molecule has 0 aliphatic carbocycles. The van der Waals surface area contributed by atoms with Crippen molar-refractivity contribution in [1.82, 2.24) is 10.3 Å². The van der Waals surface area contributed by atoms with Crippen LogP contribution in [-0.4, -0.2) is 17.4 Å². The zero-order valence-corrected chi connectivity index (χ0v) is 8.82. The van der Waals surface area contributed by atoms with E-state index in [9.17, 15) is 9.59 Å². The molecule has 1 amide bonds. The number of nitrogens with two attached hydrogens (primary N) is 1. The van der Waals surface area contributed by atoms with Gasteiger partial charge in [-0.3, -0.25) is 9.59 Å². The molecule has 4 N–H and O–H groups in total. The van der Waals surface area contributed by atoms with E-state index in [1.165, 1.54) is 0 Å². The molecule has 0 aromatic carbocycles. The average molecular weight is 230 g/mol. The van der Waals surface area contributed by atoms with Crippen molar-refractivity contribution in [2.75, 3.05) is 6.54 Å². The Morgan fingerprint density at radius 1 is 1.47 bits per heavy atom. The first-order valence-corrected chi connectivity index (χ1v) is 4.44. The number of carbonyl (C=O) groups excluding carboxylic acids is 1. The molecule has 2 heterocycles. The standard InChI is InChI=1S/C9H11N3O2.ClH/c10-8(13)6-3-5-4-11-2-1-7(5)12-9(6)14;/h3,11H,1-2,4H2,(H2,10,13)(H,12,14);1H. The van der Waals surface area contributed by atoms with Crippen molar-refractivity contribution in [3.8, 4) is 0 Å². The second-order valence-corrected chi connectivity index (χ2v) is 3.31. The van der Waals surface area contributed by atoms with Gasteiger partial charge in [-0.15, -0.1) is 12.4 Å². The summed E-state index contributed by atoms with van der Waals surface area (Å²) in [5.41, 5.74) is 6.56. The number of carbonyl (C=O) groups is 1. The maximum atomic E-state index is 11.4. The van der Waals surface area contributed by atoms with Crippen molar-refractivity contribution in [2.45, 2.75) is 13.0 Å². The normalized spacial score (nSPS) is 13.9. The van der Waals surface area contributed by atoms with Gasteiger partial charge >= 0.3 is 0 Å². The van der Waals surface area contributed by atoms with Crippen LogP contribution in [0.15, 0.2) is 10.9 Å². The first-order chi connectivity index (χ1) is 6.68. The third kappa shape index (κ3) is 2.19. The SMILES string of the molecule is Cl.NC(=O)c1cc2c([nH]c1=O)CCNC2. The van der Waals surface area contributed by atoms with Gasteiger partial charge in [-0.25, -0.2) is 0 Å². The lowest BCUT2D eigenvalue weighted by Gasteiger charge is -2.16. The lowest BCUT2D eigenvalue weighted by Crippen LogP contribution is -2.31. The van der Waals surface area contributed by atoms with Crippen molar-refractivity contribution in [3.63, 3.8) is 0 Å². The van der Waals surface area contributed by atoms with Crippen LogP contribution in [0.25, 0.3) is 0 Å². The van der Waals surface area contributed by atoms with Gasteiger partial charge in [0.05, 0.1) is 0 Å². The fourth-order valence-corrected chi connectivity index (χ4v) is 1.61. The molecule has 0 bridgehead atoms. The minimum Gasteiger partial charge on any atom is -0.365 e. The van der Waals surface area contributed by atoms with Crippen molar-refractivity contribution >= 4 is 18.3 Å². The third-order valence-corrected chi connectivity index (χ3v) is 2.35. The van der Waals surface area contributed by atoms with Gasteiger partial charge in [-0.2, -0.15) is 0 Å².